The molecule has 0 amide bonds. The molecule has 4 rings (SSSR count). The predicted molar refractivity (Wildman–Crippen MR) is 114 cm³/mol. The van der Waals surface area contributed by atoms with Crippen molar-refractivity contribution < 1.29 is 10.2 Å². The summed E-state index contributed by atoms with van der Waals surface area (Å²) in [5, 5.41) is 22.2. The largest absolute Gasteiger partial charge is 0.380 e. The van der Waals surface area contributed by atoms with Gasteiger partial charge in [0.15, 0.2) is 0 Å². The molecule has 2 heterocycles. The van der Waals surface area contributed by atoms with E-state index in [-0.39, 0.29) is 5.41 Å². The van der Waals surface area contributed by atoms with E-state index >= 15 is 0 Å². The van der Waals surface area contributed by atoms with Crippen molar-refractivity contribution >= 4 is 0 Å². The Morgan fingerprint density at radius 3 is 2.31 bits per heavy atom. The van der Waals surface area contributed by atoms with E-state index in [2.05, 4.69) is 61.7 Å². The normalized spacial score (nSPS) is 21.6. The van der Waals surface area contributed by atoms with Crippen molar-refractivity contribution in [1.82, 2.24) is 9.88 Å². The number of hydrogen-bond donors (Lipinski definition) is 2. The van der Waals surface area contributed by atoms with Crippen LogP contribution in [0.5, 0.6) is 0 Å². The van der Waals surface area contributed by atoms with Crippen LogP contribution in [0.1, 0.15) is 61.8 Å². The summed E-state index contributed by atoms with van der Waals surface area (Å²) in [5.41, 5.74) is 1.27. The summed E-state index contributed by atoms with van der Waals surface area (Å²) < 4.78 is 0. The first-order valence-electron chi connectivity index (χ1n) is 10.4. The van der Waals surface area contributed by atoms with Gasteiger partial charge >= 0.3 is 0 Å². The van der Waals surface area contributed by atoms with Crippen LogP contribution in [-0.4, -0.2) is 45.8 Å². The highest BCUT2D eigenvalue weighted by atomic mass is 16.3. The molecule has 0 unspecified atom stereocenters. The van der Waals surface area contributed by atoms with E-state index in [0.717, 1.165) is 42.6 Å². The van der Waals surface area contributed by atoms with Gasteiger partial charge in [-0.2, -0.15) is 0 Å². The molecule has 29 heavy (non-hydrogen) atoms. The minimum absolute atomic E-state index is 0.330. The van der Waals surface area contributed by atoms with Gasteiger partial charge in [0, 0.05) is 42.0 Å². The van der Waals surface area contributed by atoms with E-state index < -0.39 is 11.2 Å². The minimum Gasteiger partial charge on any atom is -0.380 e. The van der Waals surface area contributed by atoms with Gasteiger partial charge < -0.3 is 15.1 Å². The van der Waals surface area contributed by atoms with E-state index in [1.807, 2.05) is 18.2 Å². The maximum Gasteiger partial charge on any atom is 0.126 e. The van der Waals surface area contributed by atoms with Gasteiger partial charge in [-0.05, 0) is 43.0 Å². The fourth-order valence-electron chi connectivity index (χ4n) is 4.48. The summed E-state index contributed by atoms with van der Waals surface area (Å²) >= 11 is 0. The summed E-state index contributed by atoms with van der Waals surface area (Å²) in [7, 11) is 2.07. The van der Waals surface area contributed by atoms with Gasteiger partial charge in [0.1, 0.15) is 11.2 Å². The fraction of sp³-hybridized carbons (Fsp3) is 0.480. The second kappa shape index (κ2) is 6.95. The van der Waals surface area contributed by atoms with Crippen molar-refractivity contribution in [2.45, 2.75) is 50.7 Å². The topological polar surface area (TPSA) is 56.6 Å². The third-order valence-corrected chi connectivity index (χ3v) is 6.43. The summed E-state index contributed by atoms with van der Waals surface area (Å²) in [6.07, 6.45) is 4.89. The summed E-state index contributed by atoms with van der Waals surface area (Å²) in [5.74, 6) is 6.43. The molecule has 4 heteroatoms. The Morgan fingerprint density at radius 1 is 1.10 bits per heavy atom. The molecule has 1 aliphatic heterocycles. The molecule has 1 saturated heterocycles. The van der Waals surface area contributed by atoms with Crippen LogP contribution in [-0.2, 0) is 5.60 Å². The van der Waals surface area contributed by atoms with Crippen LogP contribution < -0.4 is 0 Å². The molecule has 1 aromatic carbocycles. The molecule has 2 N–H and O–H groups in total. The Bertz CT molecular complexity index is 960. The Labute approximate surface area is 173 Å². The fourth-order valence-corrected chi connectivity index (χ4v) is 4.48. The van der Waals surface area contributed by atoms with Crippen LogP contribution in [0.3, 0.4) is 0 Å². The van der Waals surface area contributed by atoms with Crippen LogP contribution in [0.2, 0.25) is 0 Å². The number of nitrogens with zero attached hydrogens (tertiary/aromatic N) is 2. The molecule has 0 radical (unpaired) electrons. The molecule has 1 aromatic heterocycles. The first kappa shape index (κ1) is 20.1. The molecule has 2 fully saturated rings. The van der Waals surface area contributed by atoms with E-state index in [1.54, 1.807) is 12.4 Å². The van der Waals surface area contributed by atoms with Crippen LogP contribution in [0.15, 0.2) is 42.7 Å². The van der Waals surface area contributed by atoms with Crippen molar-refractivity contribution in [3.63, 3.8) is 0 Å². The first-order chi connectivity index (χ1) is 13.7. The second-order valence-corrected chi connectivity index (χ2v) is 9.46. The maximum absolute atomic E-state index is 12.2. The second-order valence-electron chi connectivity index (χ2n) is 9.46. The van der Waals surface area contributed by atoms with E-state index in [9.17, 15) is 10.2 Å². The molecule has 2 aromatic rings. The van der Waals surface area contributed by atoms with Gasteiger partial charge in [0.2, 0.25) is 0 Å². The standard InChI is InChI=1S/C25H30N2O2/c1-18(2)20-5-7-21(8-6-20)25(29,23(3)16-27(4)17-23)22-13-19(14-26-15-22)9-10-24(28)11-12-24/h5-8,13-15,18,28-29H,11-12,16-17H2,1-4H3/t25-/m0/s1. The summed E-state index contributed by atoms with van der Waals surface area (Å²) in [4.78, 5) is 6.59. The van der Waals surface area contributed by atoms with Gasteiger partial charge in [-0.25, -0.2) is 0 Å². The van der Waals surface area contributed by atoms with Crippen molar-refractivity contribution in [3.05, 3.63) is 65.0 Å². The molecular weight excluding hydrogens is 360 g/mol. The first-order valence-corrected chi connectivity index (χ1v) is 10.4. The number of aliphatic hydroxyl groups is 2. The Morgan fingerprint density at radius 2 is 1.76 bits per heavy atom. The quantitative estimate of drug-likeness (QED) is 0.787. The average Bonchev–Trinajstić information content (AvgIpc) is 3.42. The van der Waals surface area contributed by atoms with Crippen molar-refractivity contribution in [2.75, 3.05) is 20.1 Å². The lowest BCUT2D eigenvalue weighted by Gasteiger charge is -2.55. The predicted octanol–water partition coefficient (Wildman–Crippen LogP) is 3.27. The minimum atomic E-state index is -1.17. The van der Waals surface area contributed by atoms with Gasteiger partial charge in [0.05, 0.1) is 0 Å². The molecule has 1 saturated carbocycles. The number of benzene rings is 1. The number of hydrogen-bond acceptors (Lipinski definition) is 4. The third-order valence-electron chi connectivity index (χ3n) is 6.43. The highest BCUT2D eigenvalue weighted by molar-refractivity contribution is 5.45. The SMILES string of the molecule is CC(C)c1ccc([C@](O)(c2cncc(C#CC3(O)CC3)c2)C2(C)CN(C)C2)cc1. The smallest absolute Gasteiger partial charge is 0.126 e. The monoisotopic (exact) mass is 390 g/mol. The number of likely N-dealkylation sites (tertiary alicyclic amines) is 1. The van der Waals surface area contributed by atoms with Crippen LogP contribution in [0, 0.1) is 17.3 Å². The van der Waals surface area contributed by atoms with Crippen LogP contribution in [0.4, 0.5) is 0 Å². The highest BCUT2D eigenvalue weighted by Crippen LogP contribution is 2.50. The van der Waals surface area contributed by atoms with Crippen molar-refractivity contribution in [2.24, 2.45) is 5.41 Å². The van der Waals surface area contributed by atoms with E-state index in [1.165, 1.54) is 5.56 Å². The Kier molecular flexibility index (Phi) is 4.82. The summed E-state index contributed by atoms with van der Waals surface area (Å²) in [6.45, 7) is 8.07. The van der Waals surface area contributed by atoms with Gasteiger partial charge in [-0.15, -0.1) is 0 Å². The number of rotatable bonds is 4. The molecule has 0 bridgehead atoms. The Balaban J connectivity index is 1.78. The molecule has 152 valence electrons. The van der Waals surface area contributed by atoms with Gasteiger partial charge in [-0.1, -0.05) is 56.9 Å². The molecule has 4 nitrogen and oxygen atoms in total. The molecule has 2 aliphatic rings. The van der Waals surface area contributed by atoms with Crippen molar-refractivity contribution in [1.29, 1.82) is 0 Å². The van der Waals surface area contributed by atoms with Crippen LogP contribution >= 0.6 is 0 Å². The van der Waals surface area contributed by atoms with E-state index in [4.69, 9.17) is 0 Å². The molecule has 1 aliphatic carbocycles. The highest BCUT2D eigenvalue weighted by Gasteiger charge is 2.55. The van der Waals surface area contributed by atoms with Gasteiger partial charge in [0.25, 0.3) is 0 Å². The lowest BCUT2D eigenvalue weighted by atomic mass is 9.62. The zero-order valence-electron chi connectivity index (χ0n) is 17.7. The lowest BCUT2D eigenvalue weighted by molar-refractivity contribution is -0.127. The lowest BCUT2D eigenvalue weighted by Crippen LogP contribution is -2.63. The number of aromatic nitrogens is 1. The Hall–Kier alpha value is -2.19. The molecule has 0 spiro atoms. The van der Waals surface area contributed by atoms with Crippen LogP contribution in [0.25, 0.3) is 0 Å². The van der Waals surface area contributed by atoms with Gasteiger partial charge in [-0.3, -0.25) is 4.98 Å². The number of pyridine rings is 1. The zero-order valence-corrected chi connectivity index (χ0v) is 17.7. The van der Waals surface area contributed by atoms with E-state index in [0.29, 0.717) is 5.92 Å². The zero-order chi connectivity index (χ0) is 20.9. The third kappa shape index (κ3) is 3.59. The average molecular weight is 391 g/mol. The van der Waals surface area contributed by atoms with Crippen molar-refractivity contribution in [3.8, 4) is 11.8 Å². The summed E-state index contributed by atoms with van der Waals surface area (Å²) in [6, 6.07) is 10.2. The molecular formula is C25H30N2O2. The maximum atomic E-state index is 12.2. The molecule has 1 atom stereocenters.